The molecule has 10 heteroatoms. The van der Waals surface area contributed by atoms with Crippen LogP contribution in [0.3, 0.4) is 0 Å². The SMILES string of the molecule is CCOC(=O)c1c(-c2ccc(Cl)cc2)oc2ccc(O/C(NC)=C(/NC)[N+](=O)[O-])cc12. The second kappa shape index (κ2) is 9.40. The summed E-state index contributed by atoms with van der Waals surface area (Å²) in [6.45, 7) is 1.89. The maximum Gasteiger partial charge on any atom is 0.376 e. The van der Waals surface area contributed by atoms with E-state index in [2.05, 4.69) is 10.6 Å². The summed E-state index contributed by atoms with van der Waals surface area (Å²) in [4.78, 5) is 23.4. The van der Waals surface area contributed by atoms with Gasteiger partial charge in [-0.3, -0.25) is 5.32 Å². The van der Waals surface area contributed by atoms with Crippen molar-refractivity contribution in [3.63, 3.8) is 0 Å². The number of rotatable bonds is 8. The van der Waals surface area contributed by atoms with Crippen molar-refractivity contribution in [2.45, 2.75) is 6.92 Å². The largest absolute Gasteiger partial charge is 0.462 e. The molecule has 162 valence electrons. The molecule has 31 heavy (non-hydrogen) atoms. The van der Waals surface area contributed by atoms with E-state index < -0.39 is 10.9 Å². The van der Waals surface area contributed by atoms with Gasteiger partial charge in [0, 0.05) is 23.0 Å². The average Bonchev–Trinajstić information content (AvgIpc) is 3.12. The fraction of sp³-hybridized carbons (Fsp3) is 0.190. The minimum Gasteiger partial charge on any atom is -0.462 e. The highest BCUT2D eigenvalue weighted by Crippen LogP contribution is 2.36. The smallest absolute Gasteiger partial charge is 0.376 e. The molecule has 2 aromatic carbocycles. The maximum atomic E-state index is 12.7. The quantitative estimate of drug-likeness (QED) is 0.230. The monoisotopic (exact) mass is 445 g/mol. The lowest BCUT2D eigenvalue weighted by atomic mass is 10.1. The van der Waals surface area contributed by atoms with Crippen molar-refractivity contribution in [1.29, 1.82) is 0 Å². The normalized spacial score (nSPS) is 11.6. The Kier molecular flexibility index (Phi) is 6.66. The van der Waals surface area contributed by atoms with Crippen LogP contribution >= 0.6 is 11.6 Å². The molecule has 3 aromatic rings. The Morgan fingerprint density at radius 1 is 1.16 bits per heavy atom. The number of carbonyl (C=O) groups is 1. The van der Waals surface area contributed by atoms with Gasteiger partial charge in [0.15, 0.2) is 0 Å². The van der Waals surface area contributed by atoms with E-state index in [1.807, 2.05) is 0 Å². The van der Waals surface area contributed by atoms with Crippen molar-refractivity contribution < 1.29 is 23.6 Å². The van der Waals surface area contributed by atoms with E-state index in [0.717, 1.165) is 0 Å². The van der Waals surface area contributed by atoms with Gasteiger partial charge < -0.3 is 29.3 Å². The van der Waals surface area contributed by atoms with Crippen LogP contribution in [0.15, 0.2) is 58.6 Å². The van der Waals surface area contributed by atoms with Crippen LogP contribution in [-0.4, -0.2) is 31.6 Å². The van der Waals surface area contributed by atoms with Crippen LogP contribution in [0.4, 0.5) is 0 Å². The van der Waals surface area contributed by atoms with Gasteiger partial charge in [-0.2, -0.15) is 0 Å². The average molecular weight is 446 g/mol. The summed E-state index contributed by atoms with van der Waals surface area (Å²) in [6, 6.07) is 11.6. The van der Waals surface area contributed by atoms with Crippen molar-refractivity contribution in [3.05, 3.63) is 74.9 Å². The highest BCUT2D eigenvalue weighted by atomic mass is 35.5. The van der Waals surface area contributed by atoms with Gasteiger partial charge in [-0.15, -0.1) is 0 Å². The number of benzene rings is 2. The van der Waals surface area contributed by atoms with E-state index in [0.29, 0.717) is 27.3 Å². The second-order valence-electron chi connectivity index (χ2n) is 6.23. The number of ether oxygens (including phenoxy) is 2. The van der Waals surface area contributed by atoms with Gasteiger partial charge in [-0.05, 0) is 54.3 Å². The molecule has 0 amide bonds. The molecule has 0 saturated carbocycles. The molecule has 0 unspecified atom stereocenters. The Hall–Kier alpha value is -3.72. The topological polar surface area (TPSA) is 116 Å². The number of hydrogen-bond donors (Lipinski definition) is 2. The first-order valence-corrected chi connectivity index (χ1v) is 9.69. The standard InChI is InChI=1S/C21H20ClN3O6/c1-4-29-21(26)17-15-11-14(30-20(24-3)19(23-2)25(27)28)9-10-16(15)31-18(17)12-5-7-13(22)8-6-12/h5-11,23-24H,4H2,1-3H3/b20-19-. The summed E-state index contributed by atoms with van der Waals surface area (Å²) < 4.78 is 16.8. The van der Waals surface area contributed by atoms with Gasteiger partial charge in [0.05, 0.1) is 13.7 Å². The highest BCUT2D eigenvalue weighted by molar-refractivity contribution is 6.30. The van der Waals surface area contributed by atoms with Crippen molar-refractivity contribution in [2.75, 3.05) is 20.7 Å². The Balaban J connectivity index is 2.15. The van der Waals surface area contributed by atoms with Gasteiger partial charge in [-0.25, -0.2) is 4.79 Å². The third kappa shape index (κ3) is 4.56. The number of carbonyl (C=O) groups excluding carboxylic acids is 1. The first-order chi connectivity index (χ1) is 14.9. The van der Waals surface area contributed by atoms with Gasteiger partial charge in [0.2, 0.25) is 0 Å². The molecule has 0 saturated heterocycles. The minimum atomic E-state index is -0.606. The Morgan fingerprint density at radius 2 is 1.87 bits per heavy atom. The Labute approximate surface area is 182 Å². The lowest BCUT2D eigenvalue weighted by Gasteiger charge is -2.10. The summed E-state index contributed by atoms with van der Waals surface area (Å²) >= 11 is 5.97. The van der Waals surface area contributed by atoms with E-state index in [-0.39, 0.29) is 29.6 Å². The number of nitrogens with zero attached hydrogens (tertiary/aromatic N) is 1. The van der Waals surface area contributed by atoms with Crippen LogP contribution in [-0.2, 0) is 4.74 Å². The fourth-order valence-corrected chi connectivity index (χ4v) is 3.10. The van der Waals surface area contributed by atoms with Crippen molar-refractivity contribution in [1.82, 2.24) is 10.6 Å². The summed E-state index contributed by atoms with van der Waals surface area (Å²) in [6.07, 6.45) is 0. The molecule has 0 atom stereocenters. The lowest BCUT2D eigenvalue weighted by molar-refractivity contribution is -0.434. The first kappa shape index (κ1) is 22.0. The zero-order valence-corrected chi connectivity index (χ0v) is 17.8. The predicted octanol–water partition coefficient (Wildman–Crippen LogP) is 4.15. The van der Waals surface area contributed by atoms with Gasteiger partial charge in [0.25, 0.3) is 5.88 Å². The third-order valence-electron chi connectivity index (χ3n) is 4.33. The molecular weight excluding hydrogens is 426 g/mol. The molecule has 0 fully saturated rings. The highest BCUT2D eigenvalue weighted by Gasteiger charge is 2.24. The third-order valence-corrected chi connectivity index (χ3v) is 4.58. The van der Waals surface area contributed by atoms with Crippen molar-refractivity contribution in [2.24, 2.45) is 0 Å². The molecule has 0 radical (unpaired) electrons. The lowest BCUT2D eigenvalue weighted by Crippen LogP contribution is -2.26. The molecule has 2 N–H and O–H groups in total. The second-order valence-corrected chi connectivity index (χ2v) is 6.66. The van der Waals surface area contributed by atoms with Crippen LogP contribution in [0.1, 0.15) is 17.3 Å². The molecule has 1 heterocycles. The molecule has 1 aromatic heterocycles. The predicted molar refractivity (Wildman–Crippen MR) is 115 cm³/mol. The van der Waals surface area contributed by atoms with Crippen LogP contribution in [0, 0.1) is 10.1 Å². The van der Waals surface area contributed by atoms with E-state index in [1.54, 1.807) is 49.4 Å². The Morgan fingerprint density at radius 3 is 2.45 bits per heavy atom. The number of nitrogens with one attached hydrogen (secondary N) is 2. The minimum absolute atomic E-state index is 0.0917. The van der Waals surface area contributed by atoms with Crippen LogP contribution in [0.5, 0.6) is 5.75 Å². The molecular formula is C21H20ClN3O6. The number of hydrogen-bond acceptors (Lipinski definition) is 8. The van der Waals surface area contributed by atoms with Crippen LogP contribution in [0.25, 0.3) is 22.3 Å². The van der Waals surface area contributed by atoms with E-state index in [1.165, 1.54) is 14.1 Å². The number of esters is 1. The number of nitro groups is 1. The zero-order chi connectivity index (χ0) is 22.5. The first-order valence-electron chi connectivity index (χ1n) is 9.31. The van der Waals surface area contributed by atoms with Crippen LogP contribution < -0.4 is 15.4 Å². The Bertz CT molecular complexity index is 1150. The van der Waals surface area contributed by atoms with Crippen molar-refractivity contribution >= 4 is 28.5 Å². The summed E-state index contributed by atoms with van der Waals surface area (Å²) in [5.74, 6) is -0.407. The maximum absolute atomic E-state index is 12.7. The van der Waals surface area contributed by atoms with E-state index in [9.17, 15) is 14.9 Å². The molecule has 0 spiro atoms. The molecule has 0 aliphatic heterocycles. The zero-order valence-electron chi connectivity index (χ0n) is 17.0. The van der Waals surface area contributed by atoms with Crippen molar-refractivity contribution in [3.8, 4) is 17.1 Å². The van der Waals surface area contributed by atoms with Gasteiger partial charge in [-0.1, -0.05) is 11.6 Å². The fourth-order valence-electron chi connectivity index (χ4n) is 2.97. The molecule has 3 rings (SSSR count). The van der Waals surface area contributed by atoms with E-state index in [4.69, 9.17) is 25.5 Å². The number of fused-ring (bicyclic) bond motifs is 1. The molecule has 0 bridgehead atoms. The number of halogens is 1. The van der Waals surface area contributed by atoms with E-state index >= 15 is 0 Å². The summed E-state index contributed by atoms with van der Waals surface area (Å²) in [7, 11) is 2.91. The van der Waals surface area contributed by atoms with Gasteiger partial charge in [0.1, 0.15) is 22.7 Å². The summed E-state index contributed by atoms with van der Waals surface area (Å²) in [5.41, 5.74) is 1.30. The molecule has 0 aliphatic carbocycles. The molecule has 9 nitrogen and oxygen atoms in total. The summed E-state index contributed by atoms with van der Waals surface area (Å²) in [5, 5.41) is 17.3. The van der Waals surface area contributed by atoms with Gasteiger partial charge >= 0.3 is 11.8 Å². The van der Waals surface area contributed by atoms with Crippen LogP contribution in [0.2, 0.25) is 5.02 Å². The molecule has 0 aliphatic rings. The number of furan rings is 1.